The molecule has 0 saturated heterocycles. The van der Waals surface area contributed by atoms with E-state index in [0.29, 0.717) is 17.2 Å². The predicted molar refractivity (Wildman–Crippen MR) is 82.5 cm³/mol. The lowest BCUT2D eigenvalue weighted by Crippen LogP contribution is -1.98. The molecular weight excluding hydrogens is 284 g/mol. The Hall–Kier alpha value is -2.46. The first-order valence-electron chi connectivity index (χ1n) is 6.62. The Kier molecular flexibility index (Phi) is 2.82. The standard InChI is InChI=1S/C16H11ClN4/c17-14-9-18-10-16-20-19-15(21(14)16)8-11-5-6-12-3-1-2-4-13(12)7-11/h1-7,9-10H,8H2. The molecule has 0 saturated carbocycles. The first kappa shape index (κ1) is 12.3. The number of rotatable bonds is 2. The maximum atomic E-state index is 6.19. The second-order valence-electron chi connectivity index (χ2n) is 4.90. The van der Waals surface area contributed by atoms with E-state index < -0.39 is 0 Å². The van der Waals surface area contributed by atoms with Crippen LogP contribution in [0, 0.1) is 0 Å². The molecule has 5 heteroatoms. The maximum absolute atomic E-state index is 6.19. The van der Waals surface area contributed by atoms with Crippen molar-refractivity contribution in [2.75, 3.05) is 0 Å². The van der Waals surface area contributed by atoms with Gasteiger partial charge in [0.2, 0.25) is 0 Å². The summed E-state index contributed by atoms with van der Waals surface area (Å²) in [6, 6.07) is 14.7. The molecule has 4 nitrogen and oxygen atoms in total. The van der Waals surface area contributed by atoms with E-state index in [1.165, 1.54) is 16.3 Å². The van der Waals surface area contributed by atoms with Gasteiger partial charge in [0.15, 0.2) is 5.65 Å². The summed E-state index contributed by atoms with van der Waals surface area (Å²) in [5.74, 6) is 0.813. The van der Waals surface area contributed by atoms with Gasteiger partial charge in [0.25, 0.3) is 0 Å². The van der Waals surface area contributed by atoms with Crippen molar-refractivity contribution < 1.29 is 0 Å². The van der Waals surface area contributed by atoms with E-state index in [2.05, 4.69) is 45.5 Å². The SMILES string of the molecule is Clc1cncc2nnc(Cc3ccc4ccccc4c3)n12. The number of benzene rings is 2. The van der Waals surface area contributed by atoms with Crippen molar-refractivity contribution in [3.63, 3.8) is 0 Å². The fraction of sp³-hybridized carbons (Fsp3) is 0.0625. The zero-order chi connectivity index (χ0) is 14.2. The van der Waals surface area contributed by atoms with Crippen molar-refractivity contribution in [1.29, 1.82) is 0 Å². The van der Waals surface area contributed by atoms with Gasteiger partial charge in [-0.15, -0.1) is 10.2 Å². The molecule has 0 amide bonds. The fourth-order valence-corrected chi connectivity index (χ4v) is 2.76. The summed E-state index contributed by atoms with van der Waals surface area (Å²) in [4.78, 5) is 4.02. The lowest BCUT2D eigenvalue weighted by Gasteiger charge is -2.04. The van der Waals surface area contributed by atoms with E-state index in [1.54, 1.807) is 12.4 Å². The van der Waals surface area contributed by atoms with Gasteiger partial charge >= 0.3 is 0 Å². The highest BCUT2D eigenvalue weighted by atomic mass is 35.5. The van der Waals surface area contributed by atoms with Crippen LogP contribution in [0.3, 0.4) is 0 Å². The van der Waals surface area contributed by atoms with Gasteiger partial charge in [-0.2, -0.15) is 0 Å². The molecule has 0 unspecified atom stereocenters. The summed E-state index contributed by atoms with van der Waals surface area (Å²) in [6.45, 7) is 0. The molecule has 4 aromatic rings. The smallest absolute Gasteiger partial charge is 0.180 e. The highest BCUT2D eigenvalue weighted by Gasteiger charge is 2.09. The van der Waals surface area contributed by atoms with Crippen LogP contribution in [0.1, 0.15) is 11.4 Å². The van der Waals surface area contributed by atoms with Crippen molar-refractivity contribution in [3.05, 3.63) is 71.4 Å². The van der Waals surface area contributed by atoms with E-state index in [-0.39, 0.29) is 0 Å². The average molecular weight is 295 g/mol. The van der Waals surface area contributed by atoms with E-state index in [4.69, 9.17) is 11.6 Å². The van der Waals surface area contributed by atoms with Crippen LogP contribution >= 0.6 is 11.6 Å². The van der Waals surface area contributed by atoms with Gasteiger partial charge in [-0.3, -0.25) is 9.38 Å². The van der Waals surface area contributed by atoms with Crippen LogP contribution < -0.4 is 0 Å². The number of nitrogens with zero attached hydrogens (tertiary/aromatic N) is 4. The molecule has 2 aromatic carbocycles. The third-order valence-electron chi connectivity index (χ3n) is 3.52. The van der Waals surface area contributed by atoms with E-state index >= 15 is 0 Å². The number of fused-ring (bicyclic) bond motifs is 2. The van der Waals surface area contributed by atoms with E-state index in [0.717, 1.165) is 5.82 Å². The first-order chi connectivity index (χ1) is 10.3. The predicted octanol–water partition coefficient (Wildman–Crippen LogP) is 3.52. The molecule has 2 heterocycles. The second kappa shape index (κ2) is 4.82. The minimum Gasteiger partial charge on any atom is -0.266 e. The Balaban J connectivity index is 1.79. The summed E-state index contributed by atoms with van der Waals surface area (Å²) >= 11 is 6.19. The van der Waals surface area contributed by atoms with Crippen LogP contribution in [-0.2, 0) is 6.42 Å². The monoisotopic (exact) mass is 294 g/mol. The van der Waals surface area contributed by atoms with Gasteiger partial charge in [0.1, 0.15) is 11.0 Å². The molecule has 0 aliphatic heterocycles. The summed E-state index contributed by atoms with van der Waals surface area (Å²) in [6.07, 6.45) is 3.93. The normalized spacial score (nSPS) is 11.3. The molecule has 0 N–H and O–H groups in total. The molecule has 0 bridgehead atoms. The molecule has 0 aliphatic rings. The lowest BCUT2D eigenvalue weighted by atomic mass is 10.1. The van der Waals surface area contributed by atoms with E-state index in [9.17, 15) is 0 Å². The molecule has 0 fully saturated rings. The topological polar surface area (TPSA) is 43.1 Å². The number of halogens is 1. The van der Waals surface area contributed by atoms with Crippen LogP contribution in [0.2, 0.25) is 5.15 Å². The van der Waals surface area contributed by atoms with Crippen molar-refractivity contribution in [1.82, 2.24) is 19.6 Å². The minimum atomic E-state index is 0.522. The Morgan fingerprint density at radius 2 is 1.81 bits per heavy atom. The molecule has 0 radical (unpaired) electrons. The zero-order valence-corrected chi connectivity index (χ0v) is 11.8. The first-order valence-corrected chi connectivity index (χ1v) is 7.00. The highest BCUT2D eigenvalue weighted by Crippen LogP contribution is 2.19. The molecule has 2 aromatic heterocycles. The molecule has 102 valence electrons. The second-order valence-corrected chi connectivity index (χ2v) is 5.29. The summed E-state index contributed by atoms with van der Waals surface area (Å²) < 4.78 is 1.82. The third-order valence-corrected chi connectivity index (χ3v) is 3.78. The van der Waals surface area contributed by atoms with Gasteiger partial charge in [-0.25, -0.2) is 0 Å². The number of hydrogen-bond acceptors (Lipinski definition) is 3. The highest BCUT2D eigenvalue weighted by molar-refractivity contribution is 6.29. The molecule has 0 atom stereocenters. The maximum Gasteiger partial charge on any atom is 0.180 e. The molecule has 0 spiro atoms. The number of aromatic nitrogens is 4. The quantitative estimate of drug-likeness (QED) is 0.568. The van der Waals surface area contributed by atoms with Gasteiger partial charge in [-0.05, 0) is 16.3 Å². The van der Waals surface area contributed by atoms with Crippen LogP contribution in [0.4, 0.5) is 0 Å². The van der Waals surface area contributed by atoms with Gasteiger partial charge < -0.3 is 0 Å². The molecule has 4 rings (SSSR count). The number of hydrogen-bond donors (Lipinski definition) is 0. The van der Waals surface area contributed by atoms with Crippen LogP contribution in [0.15, 0.2) is 54.9 Å². The fourth-order valence-electron chi connectivity index (χ4n) is 2.52. The Morgan fingerprint density at radius 3 is 2.71 bits per heavy atom. The van der Waals surface area contributed by atoms with Crippen molar-refractivity contribution in [3.8, 4) is 0 Å². The van der Waals surface area contributed by atoms with Crippen LogP contribution in [-0.4, -0.2) is 19.6 Å². The zero-order valence-electron chi connectivity index (χ0n) is 11.1. The Morgan fingerprint density at radius 1 is 0.952 bits per heavy atom. The van der Waals surface area contributed by atoms with Crippen molar-refractivity contribution >= 4 is 28.0 Å². The van der Waals surface area contributed by atoms with Gasteiger partial charge in [0, 0.05) is 6.42 Å². The summed E-state index contributed by atoms with van der Waals surface area (Å²) in [5.41, 5.74) is 1.84. The lowest BCUT2D eigenvalue weighted by molar-refractivity contribution is 0.933. The van der Waals surface area contributed by atoms with Gasteiger partial charge in [-0.1, -0.05) is 54.1 Å². The Bertz CT molecular complexity index is 945. The largest absolute Gasteiger partial charge is 0.266 e. The van der Waals surface area contributed by atoms with E-state index in [1.807, 2.05) is 16.5 Å². The minimum absolute atomic E-state index is 0.522. The van der Waals surface area contributed by atoms with Crippen molar-refractivity contribution in [2.24, 2.45) is 0 Å². The van der Waals surface area contributed by atoms with Gasteiger partial charge in [0.05, 0.1) is 12.4 Å². The Labute approximate surface area is 126 Å². The molecular formula is C16H11ClN4. The van der Waals surface area contributed by atoms with Crippen LogP contribution in [0.25, 0.3) is 16.4 Å². The molecule has 0 aliphatic carbocycles. The van der Waals surface area contributed by atoms with Crippen LogP contribution in [0.5, 0.6) is 0 Å². The average Bonchev–Trinajstić information content (AvgIpc) is 2.92. The molecule has 21 heavy (non-hydrogen) atoms. The van der Waals surface area contributed by atoms with Crippen molar-refractivity contribution in [2.45, 2.75) is 6.42 Å². The third kappa shape index (κ3) is 2.14. The summed E-state index contributed by atoms with van der Waals surface area (Å²) in [5, 5.41) is 11.3. The summed E-state index contributed by atoms with van der Waals surface area (Å²) in [7, 11) is 0.